The summed E-state index contributed by atoms with van der Waals surface area (Å²) < 4.78 is 19.0. The lowest BCUT2D eigenvalue weighted by Crippen LogP contribution is -2.48. The standard InChI is InChI=1S/C14H15ClFN3O/c15-10-4-1-3-9(13(10)16)7-11-18-12(20-19-11)8-14(17)5-2-6-14/h1,3-4H,2,5-8,17H2. The Labute approximate surface area is 121 Å². The molecule has 1 saturated carbocycles. The van der Waals surface area contributed by atoms with Crippen LogP contribution in [0.1, 0.15) is 36.5 Å². The maximum absolute atomic E-state index is 13.8. The number of nitrogens with two attached hydrogens (primary N) is 1. The van der Waals surface area contributed by atoms with Crippen molar-refractivity contribution < 1.29 is 8.91 Å². The largest absolute Gasteiger partial charge is 0.339 e. The van der Waals surface area contributed by atoms with Crippen LogP contribution in [-0.4, -0.2) is 15.7 Å². The van der Waals surface area contributed by atoms with Crippen LogP contribution in [0.2, 0.25) is 5.02 Å². The third-order valence-electron chi connectivity index (χ3n) is 3.74. The zero-order valence-corrected chi connectivity index (χ0v) is 11.7. The Hall–Kier alpha value is -1.46. The first-order chi connectivity index (χ1) is 9.56. The van der Waals surface area contributed by atoms with Gasteiger partial charge in [-0.05, 0) is 30.9 Å². The predicted octanol–water partition coefficient (Wildman–Crippen LogP) is 2.88. The third-order valence-corrected chi connectivity index (χ3v) is 4.03. The summed E-state index contributed by atoms with van der Waals surface area (Å²) in [5.74, 6) is 0.531. The summed E-state index contributed by atoms with van der Waals surface area (Å²) in [5.41, 5.74) is 6.39. The van der Waals surface area contributed by atoms with Gasteiger partial charge in [-0.3, -0.25) is 0 Å². The van der Waals surface area contributed by atoms with Crippen LogP contribution in [0, 0.1) is 5.82 Å². The van der Waals surface area contributed by atoms with Crippen LogP contribution in [0.4, 0.5) is 4.39 Å². The smallest absolute Gasteiger partial charge is 0.228 e. The second kappa shape index (κ2) is 5.14. The molecule has 3 rings (SSSR count). The first kappa shape index (κ1) is 13.5. The highest BCUT2D eigenvalue weighted by Gasteiger charge is 2.34. The molecule has 1 aliphatic carbocycles. The lowest BCUT2D eigenvalue weighted by Gasteiger charge is -2.36. The summed E-state index contributed by atoms with van der Waals surface area (Å²) in [7, 11) is 0. The van der Waals surface area contributed by atoms with Crippen LogP contribution < -0.4 is 5.73 Å². The Bertz CT molecular complexity index is 625. The molecule has 1 aromatic carbocycles. The monoisotopic (exact) mass is 295 g/mol. The fourth-order valence-electron chi connectivity index (χ4n) is 2.40. The van der Waals surface area contributed by atoms with Gasteiger partial charge in [0.05, 0.1) is 5.02 Å². The van der Waals surface area contributed by atoms with Crippen molar-refractivity contribution in [2.75, 3.05) is 0 Å². The fraction of sp³-hybridized carbons (Fsp3) is 0.429. The number of halogens is 2. The van der Waals surface area contributed by atoms with Crippen LogP contribution in [0.5, 0.6) is 0 Å². The molecule has 20 heavy (non-hydrogen) atoms. The Morgan fingerprint density at radius 1 is 1.40 bits per heavy atom. The van der Waals surface area contributed by atoms with Crippen molar-refractivity contribution in [2.45, 2.75) is 37.6 Å². The van der Waals surface area contributed by atoms with Gasteiger partial charge in [0.15, 0.2) is 5.82 Å². The molecule has 2 N–H and O–H groups in total. The summed E-state index contributed by atoms with van der Waals surface area (Å²) >= 11 is 5.74. The maximum Gasteiger partial charge on any atom is 0.228 e. The number of benzene rings is 1. The van der Waals surface area contributed by atoms with Crippen molar-refractivity contribution in [2.24, 2.45) is 5.73 Å². The first-order valence-electron chi connectivity index (χ1n) is 6.59. The summed E-state index contributed by atoms with van der Waals surface area (Å²) in [4.78, 5) is 4.28. The Balaban J connectivity index is 1.72. The topological polar surface area (TPSA) is 64.9 Å². The fourth-order valence-corrected chi connectivity index (χ4v) is 2.59. The molecule has 0 radical (unpaired) electrons. The number of rotatable bonds is 4. The summed E-state index contributed by atoms with van der Waals surface area (Å²) in [6.07, 6.45) is 3.94. The Kier molecular flexibility index (Phi) is 3.48. The van der Waals surface area contributed by atoms with Gasteiger partial charge in [-0.25, -0.2) is 4.39 Å². The summed E-state index contributed by atoms with van der Waals surface area (Å²) in [6.45, 7) is 0. The molecule has 0 spiro atoms. The number of nitrogens with zero attached hydrogens (tertiary/aromatic N) is 2. The van der Waals surface area contributed by atoms with E-state index in [0.717, 1.165) is 19.3 Å². The van der Waals surface area contributed by atoms with Gasteiger partial charge in [0.25, 0.3) is 0 Å². The lowest BCUT2D eigenvalue weighted by atomic mass is 9.75. The maximum atomic E-state index is 13.8. The van der Waals surface area contributed by atoms with E-state index in [-0.39, 0.29) is 17.0 Å². The van der Waals surface area contributed by atoms with Crippen LogP contribution in [-0.2, 0) is 12.8 Å². The normalized spacial score (nSPS) is 16.9. The highest BCUT2D eigenvalue weighted by atomic mass is 35.5. The van der Waals surface area contributed by atoms with Crippen LogP contribution in [0.15, 0.2) is 22.7 Å². The zero-order valence-electron chi connectivity index (χ0n) is 10.9. The van der Waals surface area contributed by atoms with Crippen LogP contribution in [0.25, 0.3) is 0 Å². The van der Waals surface area contributed by atoms with E-state index in [2.05, 4.69) is 10.1 Å². The summed E-state index contributed by atoms with van der Waals surface area (Å²) in [6, 6.07) is 4.87. The molecule has 1 heterocycles. The molecule has 0 unspecified atom stereocenters. The van der Waals surface area contributed by atoms with E-state index in [9.17, 15) is 4.39 Å². The number of aromatic nitrogens is 2. The Morgan fingerprint density at radius 3 is 2.90 bits per heavy atom. The van der Waals surface area contributed by atoms with Gasteiger partial charge < -0.3 is 10.3 Å². The second-order valence-electron chi connectivity index (χ2n) is 5.39. The van der Waals surface area contributed by atoms with Gasteiger partial charge in [0.2, 0.25) is 5.89 Å². The molecule has 6 heteroatoms. The minimum absolute atomic E-state index is 0.0987. The van der Waals surface area contributed by atoms with E-state index >= 15 is 0 Å². The average molecular weight is 296 g/mol. The highest BCUT2D eigenvalue weighted by molar-refractivity contribution is 6.30. The van der Waals surface area contributed by atoms with Gasteiger partial charge in [-0.1, -0.05) is 28.9 Å². The van der Waals surface area contributed by atoms with Crippen LogP contribution >= 0.6 is 11.6 Å². The minimum atomic E-state index is -0.435. The molecule has 0 amide bonds. The van der Waals surface area contributed by atoms with Gasteiger partial charge in [-0.2, -0.15) is 4.98 Å². The van der Waals surface area contributed by atoms with E-state index < -0.39 is 5.82 Å². The van der Waals surface area contributed by atoms with Crippen molar-refractivity contribution in [3.63, 3.8) is 0 Å². The molecule has 106 valence electrons. The number of hydrogen-bond donors (Lipinski definition) is 1. The average Bonchev–Trinajstić information content (AvgIpc) is 2.80. The van der Waals surface area contributed by atoms with Gasteiger partial charge >= 0.3 is 0 Å². The molecule has 1 aromatic heterocycles. The lowest BCUT2D eigenvalue weighted by molar-refractivity contribution is 0.221. The summed E-state index contributed by atoms with van der Waals surface area (Å²) in [5, 5.41) is 3.97. The van der Waals surface area contributed by atoms with Crippen molar-refractivity contribution >= 4 is 11.6 Å². The van der Waals surface area contributed by atoms with Crippen LogP contribution in [0.3, 0.4) is 0 Å². The van der Waals surface area contributed by atoms with E-state index in [1.807, 2.05) is 0 Å². The highest BCUT2D eigenvalue weighted by Crippen LogP contribution is 2.32. The molecule has 0 aliphatic heterocycles. The molecular formula is C14H15ClFN3O. The molecule has 4 nitrogen and oxygen atoms in total. The second-order valence-corrected chi connectivity index (χ2v) is 5.79. The SMILES string of the molecule is NC1(Cc2nc(Cc3cccc(Cl)c3F)no2)CCC1. The molecule has 1 fully saturated rings. The van der Waals surface area contributed by atoms with E-state index in [0.29, 0.717) is 23.7 Å². The predicted molar refractivity (Wildman–Crippen MR) is 73.0 cm³/mol. The first-order valence-corrected chi connectivity index (χ1v) is 6.97. The Morgan fingerprint density at radius 2 is 2.20 bits per heavy atom. The molecule has 2 aromatic rings. The van der Waals surface area contributed by atoms with E-state index in [4.69, 9.17) is 21.9 Å². The van der Waals surface area contributed by atoms with Gasteiger partial charge in [0.1, 0.15) is 5.82 Å². The minimum Gasteiger partial charge on any atom is -0.339 e. The molecule has 1 aliphatic rings. The van der Waals surface area contributed by atoms with Gasteiger partial charge in [0, 0.05) is 18.4 Å². The third kappa shape index (κ3) is 2.69. The van der Waals surface area contributed by atoms with Crippen molar-refractivity contribution in [3.8, 4) is 0 Å². The van der Waals surface area contributed by atoms with Crippen molar-refractivity contribution in [1.82, 2.24) is 10.1 Å². The molecule has 0 bridgehead atoms. The van der Waals surface area contributed by atoms with Crippen molar-refractivity contribution in [3.05, 3.63) is 46.3 Å². The van der Waals surface area contributed by atoms with E-state index in [1.165, 1.54) is 6.07 Å². The molecular weight excluding hydrogens is 281 g/mol. The van der Waals surface area contributed by atoms with Gasteiger partial charge in [-0.15, -0.1) is 0 Å². The molecule has 0 saturated heterocycles. The zero-order chi connectivity index (χ0) is 14.2. The molecule has 0 atom stereocenters. The quantitative estimate of drug-likeness (QED) is 0.942. The van der Waals surface area contributed by atoms with E-state index in [1.54, 1.807) is 12.1 Å². The van der Waals surface area contributed by atoms with Crippen molar-refractivity contribution in [1.29, 1.82) is 0 Å². The number of hydrogen-bond acceptors (Lipinski definition) is 4.